The molecule has 2 nitrogen and oxygen atoms in total. The first-order valence-corrected chi connectivity index (χ1v) is 4.35. The average Bonchev–Trinajstić information content (AvgIpc) is 2.07. The molecule has 1 aliphatic heterocycles. The maximum absolute atomic E-state index is 9.51. The van der Waals surface area contributed by atoms with Crippen LogP contribution in [0, 0.1) is 0 Å². The molecule has 0 fully saturated rings. The summed E-state index contributed by atoms with van der Waals surface area (Å²) in [5.74, 6) is 0.937. The molecule has 2 N–H and O–H groups in total. The van der Waals surface area contributed by atoms with Crippen LogP contribution in [0.1, 0.15) is 24.8 Å². The predicted octanol–water partition coefficient (Wildman–Crippen LogP) is 2.31. The fourth-order valence-electron chi connectivity index (χ4n) is 1.73. The zero-order valence-electron chi connectivity index (χ0n) is 7.17. The van der Waals surface area contributed by atoms with Crippen molar-refractivity contribution in [3.05, 3.63) is 23.8 Å². The van der Waals surface area contributed by atoms with Crippen LogP contribution in [0.5, 0.6) is 5.75 Å². The summed E-state index contributed by atoms with van der Waals surface area (Å²) >= 11 is 0. The quantitative estimate of drug-likeness (QED) is 0.575. The smallest absolute Gasteiger partial charge is 0.138 e. The molecule has 0 unspecified atom stereocenters. The van der Waals surface area contributed by atoms with Gasteiger partial charge in [0, 0.05) is 6.54 Å². The van der Waals surface area contributed by atoms with Crippen LogP contribution in [0.4, 0.5) is 5.69 Å². The minimum atomic E-state index is 0.374. The second-order valence-corrected chi connectivity index (χ2v) is 3.36. The standard InChI is InChI=1S/C10H13NO/c1-7-5-6-11-10-8(7)3-2-4-9(10)12/h2-4,7,11-12H,5-6H2,1H3/t7-/m1/s1. The van der Waals surface area contributed by atoms with E-state index in [9.17, 15) is 5.11 Å². The summed E-state index contributed by atoms with van der Waals surface area (Å²) in [5.41, 5.74) is 2.16. The lowest BCUT2D eigenvalue weighted by Gasteiger charge is -2.24. The van der Waals surface area contributed by atoms with Gasteiger partial charge in [0.1, 0.15) is 5.75 Å². The summed E-state index contributed by atoms with van der Waals surface area (Å²) in [7, 11) is 0. The van der Waals surface area contributed by atoms with Gasteiger partial charge in [0.05, 0.1) is 5.69 Å². The van der Waals surface area contributed by atoms with Gasteiger partial charge in [-0.15, -0.1) is 0 Å². The molecular weight excluding hydrogens is 150 g/mol. The van der Waals surface area contributed by atoms with Gasteiger partial charge in [-0.05, 0) is 24.0 Å². The van der Waals surface area contributed by atoms with Gasteiger partial charge in [0.25, 0.3) is 0 Å². The number of aromatic hydroxyl groups is 1. The number of fused-ring (bicyclic) bond motifs is 1. The van der Waals surface area contributed by atoms with Crippen molar-refractivity contribution in [1.29, 1.82) is 0 Å². The number of nitrogens with one attached hydrogen (secondary N) is 1. The molecular formula is C10H13NO. The van der Waals surface area contributed by atoms with Crippen molar-refractivity contribution in [3.8, 4) is 5.75 Å². The third-order valence-electron chi connectivity index (χ3n) is 2.48. The number of hydrogen-bond donors (Lipinski definition) is 2. The Morgan fingerprint density at radius 2 is 2.33 bits per heavy atom. The minimum Gasteiger partial charge on any atom is -0.506 e. The van der Waals surface area contributed by atoms with Crippen LogP contribution in [0.2, 0.25) is 0 Å². The van der Waals surface area contributed by atoms with Gasteiger partial charge in [-0.1, -0.05) is 19.1 Å². The zero-order chi connectivity index (χ0) is 8.55. The monoisotopic (exact) mass is 163 g/mol. The first-order valence-electron chi connectivity index (χ1n) is 4.35. The van der Waals surface area contributed by atoms with Crippen LogP contribution >= 0.6 is 0 Å². The number of rotatable bonds is 0. The lowest BCUT2D eigenvalue weighted by atomic mass is 9.92. The number of hydrogen-bond acceptors (Lipinski definition) is 2. The molecule has 0 amide bonds. The highest BCUT2D eigenvalue weighted by Crippen LogP contribution is 2.36. The van der Waals surface area contributed by atoms with E-state index in [2.05, 4.69) is 18.3 Å². The Labute approximate surface area is 72.2 Å². The van der Waals surface area contributed by atoms with Crippen molar-refractivity contribution >= 4 is 5.69 Å². The second kappa shape index (κ2) is 2.70. The van der Waals surface area contributed by atoms with Gasteiger partial charge in [-0.3, -0.25) is 0 Å². The maximum atomic E-state index is 9.51. The van der Waals surface area contributed by atoms with E-state index in [1.165, 1.54) is 5.56 Å². The number of anilines is 1. The van der Waals surface area contributed by atoms with Gasteiger partial charge >= 0.3 is 0 Å². The Balaban J connectivity index is 2.52. The van der Waals surface area contributed by atoms with Crippen molar-refractivity contribution in [2.45, 2.75) is 19.3 Å². The fraction of sp³-hybridized carbons (Fsp3) is 0.400. The summed E-state index contributed by atoms with van der Waals surface area (Å²) in [5, 5.41) is 12.7. The molecule has 2 rings (SSSR count). The molecule has 0 aromatic heterocycles. The van der Waals surface area contributed by atoms with E-state index in [0.29, 0.717) is 11.7 Å². The molecule has 12 heavy (non-hydrogen) atoms. The van der Waals surface area contributed by atoms with E-state index in [1.807, 2.05) is 6.07 Å². The second-order valence-electron chi connectivity index (χ2n) is 3.36. The predicted molar refractivity (Wildman–Crippen MR) is 49.6 cm³/mol. The molecule has 1 aromatic carbocycles. The van der Waals surface area contributed by atoms with Crippen molar-refractivity contribution in [1.82, 2.24) is 0 Å². The molecule has 2 heteroatoms. The Bertz CT molecular complexity index is 296. The highest BCUT2D eigenvalue weighted by atomic mass is 16.3. The minimum absolute atomic E-state index is 0.374. The average molecular weight is 163 g/mol. The van der Waals surface area contributed by atoms with E-state index < -0.39 is 0 Å². The topological polar surface area (TPSA) is 32.3 Å². The maximum Gasteiger partial charge on any atom is 0.138 e. The van der Waals surface area contributed by atoms with Crippen molar-refractivity contribution in [2.24, 2.45) is 0 Å². The summed E-state index contributed by atoms with van der Waals surface area (Å²) in [4.78, 5) is 0. The van der Waals surface area contributed by atoms with Crippen LogP contribution < -0.4 is 5.32 Å². The molecule has 64 valence electrons. The third kappa shape index (κ3) is 1.04. The molecule has 1 aromatic rings. The van der Waals surface area contributed by atoms with Crippen molar-refractivity contribution < 1.29 is 5.11 Å². The summed E-state index contributed by atoms with van der Waals surface area (Å²) in [6.45, 7) is 3.16. The molecule has 1 aliphatic rings. The van der Waals surface area contributed by atoms with Crippen LogP contribution in [-0.2, 0) is 0 Å². The highest BCUT2D eigenvalue weighted by molar-refractivity contribution is 5.63. The molecule has 0 spiro atoms. The van der Waals surface area contributed by atoms with Gasteiger partial charge in [-0.2, -0.15) is 0 Å². The van der Waals surface area contributed by atoms with Crippen molar-refractivity contribution in [3.63, 3.8) is 0 Å². The molecule has 0 saturated heterocycles. The van der Waals surface area contributed by atoms with E-state index >= 15 is 0 Å². The number of para-hydroxylation sites is 1. The molecule has 0 aliphatic carbocycles. The van der Waals surface area contributed by atoms with E-state index in [4.69, 9.17) is 0 Å². The van der Waals surface area contributed by atoms with Gasteiger partial charge in [-0.25, -0.2) is 0 Å². The van der Waals surface area contributed by atoms with E-state index in [0.717, 1.165) is 18.7 Å². The van der Waals surface area contributed by atoms with E-state index in [1.54, 1.807) is 6.07 Å². The Morgan fingerprint density at radius 1 is 1.50 bits per heavy atom. The van der Waals surface area contributed by atoms with Crippen LogP contribution in [-0.4, -0.2) is 11.7 Å². The third-order valence-corrected chi connectivity index (χ3v) is 2.48. The van der Waals surface area contributed by atoms with E-state index in [-0.39, 0.29) is 0 Å². The Morgan fingerprint density at radius 3 is 3.08 bits per heavy atom. The number of phenolic OH excluding ortho intramolecular Hbond substituents is 1. The van der Waals surface area contributed by atoms with Crippen molar-refractivity contribution in [2.75, 3.05) is 11.9 Å². The molecule has 0 bridgehead atoms. The van der Waals surface area contributed by atoms with Crippen LogP contribution in [0.15, 0.2) is 18.2 Å². The van der Waals surface area contributed by atoms with Crippen LogP contribution in [0.3, 0.4) is 0 Å². The first kappa shape index (κ1) is 7.47. The first-order chi connectivity index (χ1) is 5.79. The van der Waals surface area contributed by atoms with Crippen LogP contribution in [0.25, 0.3) is 0 Å². The fourth-order valence-corrected chi connectivity index (χ4v) is 1.73. The van der Waals surface area contributed by atoms with Gasteiger partial charge in [0.2, 0.25) is 0 Å². The summed E-state index contributed by atoms with van der Waals surface area (Å²) in [6, 6.07) is 5.70. The molecule has 0 saturated carbocycles. The molecule has 1 atom stereocenters. The largest absolute Gasteiger partial charge is 0.506 e. The summed E-state index contributed by atoms with van der Waals surface area (Å²) in [6.07, 6.45) is 1.15. The lowest BCUT2D eigenvalue weighted by Crippen LogP contribution is -2.14. The summed E-state index contributed by atoms with van der Waals surface area (Å²) < 4.78 is 0. The Hall–Kier alpha value is -1.18. The Kier molecular flexibility index (Phi) is 1.68. The lowest BCUT2D eigenvalue weighted by molar-refractivity contribution is 0.474. The highest BCUT2D eigenvalue weighted by Gasteiger charge is 2.17. The van der Waals surface area contributed by atoms with Gasteiger partial charge < -0.3 is 10.4 Å². The molecule has 0 radical (unpaired) electrons. The number of phenols is 1. The number of benzene rings is 1. The normalized spacial score (nSPS) is 21.2. The zero-order valence-corrected chi connectivity index (χ0v) is 7.17. The SMILES string of the molecule is C[C@@H]1CCNc2c(O)cccc21. The van der Waals surface area contributed by atoms with Gasteiger partial charge in [0.15, 0.2) is 0 Å². The molecule has 1 heterocycles.